The SMILES string of the molecule is Cc1cc(/C=N\NC(=O)Nc2ccc(Cl)cc2)cc(C)c1OCc1ccc(F)cc1. The van der Waals surface area contributed by atoms with Crippen LogP contribution in [0.3, 0.4) is 0 Å². The minimum absolute atomic E-state index is 0.273. The maximum atomic E-state index is 13.0. The molecule has 0 radical (unpaired) electrons. The first kappa shape index (κ1) is 21.3. The van der Waals surface area contributed by atoms with Crippen LogP contribution in [0.25, 0.3) is 0 Å². The van der Waals surface area contributed by atoms with Crippen LogP contribution >= 0.6 is 11.6 Å². The number of rotatable bonds is 6. The van der Waals surface area contributed by atoms with Crippen LogP contribution < -0.4 is 15.5 Å². The highest BCUT2D eigenvalue weighted by Crippen LogP contribution is 2.25. The quantitative estimate of drug-likeness (QED) is 0.385. The number of nitrogens with zero attached hydrogens (tertiary/aromatic N) is 1. The number of amides is 2. The molecule has 0 aliphatic heterocycles. The molecular weight excluding hydrogens is 405 g/mol. The topological polar surface area (TPSA) is 62.7 Å². The van der Waals surface area contributed by atoms with Crippen LogP contribution in [0.5, 0.6) is 5.75 Å². The lowest BCUT2D eigenvalue weighted by molar-refractivity contribution is 0.252. The summed E-state index contributed by atoms with van der Waals surface area (Å²) in [7, 11) is 0. The van der Waals surface area contributed by atoms with Gasteiger partial charge in [0.05, 0.1) is 6.21 Å². The van der Waals surface area contributed by atoms with Gasteiger partial charge in [-0.3, -0.25) is 0 Å². The second kappa shape index (κ2) is 9.89. The third kappa shape index (κ3) is 6.06. The predicted molar refractivity (Wildman–Crippen MR) is 118 cm³/mol. The molecule has 0 unspecified atom stereocenters. The van der Waals surface area contributed by atoms with Gasteiger partial charge in [-0.2, -0.15) is 5.10 Å². The van der Waals surface area contributed by atoms with Gasteiger partial charge in [-0.1, -0.05) is 23.7 Å². The van der Waals surface area contributed by atoms with Crippen LogP contribution in [0.15, 0.2) is 65.8 Å². The van der Waals surface area contributed by atoms with Crippen molar-refractivity contribution in [3.05, 3.63) is 93.8 Å². The lowest BCUT2D eigenvalue weighted by Gasteiger charge is -2.13. The van der Waals surface area contributed by atoms with Crippen molar-refractivity contribution in [1.29, 1.82) is 0 Å². The van der Waals surface area contributed by atoms with Crippen LogP contribution in [-0.2, 0) is 6.61 Å². The Morgan fingerprint density at radius 2 is 1.70 bits per heavy atom. The van der Waals surface area contributed by atoms with Gasteiger partial charge < -0.3 is 10.1 Å². The van der Waals surface area contributed by atoms with Gasteiger partial charge in [0.25, 0.3) is 0 Å². The zero-order valence-corrected chi connectivity index (χ0v) is 17.3. The van der Waals surface area contributed by atoms with E-state index in [0.717, 1.165) is 28.0 Å². The van der Waals surface area contributed by atoms with Gasteiger partial charge in [0.2, 0.25) is 0 Å². The highest BCUT2D eigenvalue weighted by molar-refractivity contribution is 6.30. The molecule has 0 saturated heterocycles. The molecule has 0 fully saturated rings. The number of hydrazone groups is 1. The number of aryl methyl sites for hydroxylation is 2. The Kier molecular flexibility index (Phi) is 7.03. The summed E-state index contributed by atoms with van der Waals surface area (Å²) in [6.07, 6.45) is 1.56. The third-order valence-electron chi connectivity index (χ3n) is 4.26. The molecule has 5 nitrogen and oxygen atoms in total. The van der Waals surface area contributed by atoms with E-state index in [9.17, 15) is 9.18 Å². The fourth-order valence-electron chi connectivity index (χ4n) is 2.88. The summed E-state index contributed by atoms with van der Waals surface area (Å²) in [5, 5.41) is 7.23. The zero-order valence-electron chi connectivity index (χ0n) is 16.6. The fraction of sp³-hybridized carbons (Fsp3) is 0.130. The molecule has 2 N–H and O–H groups in total. The summed E-state index contributed by atoms with van der Waals surface area (Å²) >= 11 is 5.82. The van der Waals surface area contributed by atoms with Crippen molar-refractivity contribution in [1.82, 2.24) is 5.43 Å². The number of hydrogen-bond acceptors (Lipinski definition) is 3. The molecule has 0 aliphatic carbocycles. The first-order valence-electron chi connectivity index (χ1n) is 9.25. The summed E-state index contributed by atoms with van der Waals surface area (Å²) in [6.45, 7) is 4.22. The average molecular weight is 426 g/mol. The minimum atomic E-state index is -0.457. The second-order valence-electron chi connectivity index (χ2n) is 6.73. The molecule has 0 heterocycles. The predicted octanol–water partition coefficient (Wildman–Crippen LogP) is 5.83. The van der Waals surface area contributed by atoms with Gasteiger partial charge in [-0.15, -0.1) is 0 Å². The van der Waals surface area contributed by atoms with Crippen molar-refractivity contribution in [3.63, 3.8) is 0 Å². The third-order valence-corrected chi connectivity index (χ3v) is 4.51. The van der Waals surface area contributed by atoms with Crippen molar-refractivity contribution >= 4 is 29.5 Å². The molecule has 2 amide bonds. The van der Waals surface area contributed by atoms with E-state index in [1.807, 2.05) is 26.0 Å². The molecule has 0 aliphatic rings. The largest absolute Gasteiger partial charge is 0.488 e. The van der Waals surface area contributed by atoms with Gasteiger partial charge >= 0.3 is 6.03 Å². The van der Waals surface area contributed by atoms with Crippen molar-refractivity contribution in [2.75, 3.05) is 5.32 Å². The molecule has 3 aromatic rings. The number of nitrogens with one attached hydrogen (secondary N) is 2. The maximum absolute atomic E-state index is 13.0. The summed E-state index contributed by atoms with van der Waals surface area (Å²) < 4.78 is 18.9. The molecule has 154 valence electrons. The normalized spacial score (nSPS) is 10.8. The monoisotopic (exact) mass is 425 g/mol. The molecule has 30 heavy (non-hydrogen) atoms. The standard InChI is InChI=1S/C23H21ClFN3O2/c1-15-11-18(13-26-28-23(29)27-21-9-5-19(24)6-10-21)12-16(2)22(15)30-14-17-3-7-20(25)8-4-17/h3-13H,14H2,1-2H3,(H2,27,28,29)/b26-13-. The van der Waals surface area contributed by atoms with Crippen molar-refractivity contribution in [2.45, 2.75) is 20.5 Å². The number of urea groups is 1. The highest BCUT2D eigenvalue weighted by atomic mass is 35.5. The average Bonchev–Trinajstić information content (AvgIpc) is 2.70. The molecule has 7 heteroatoms. The lowest BCUT2D eigenvalue weighted by atomic mass is 10.1. The van der Waals surface area contributed by atoms with E-state index in [4.69, 9.17) is 16.3 Å². The van der Waals surface area contributed by atoms with Gasteiger partial charge in [0.15, 0.2) is 0 Å². The van der Waals surface area contributed by atoms with Gasteiger partial charge in [-0.25, -0.2) is 14.6 Å². The zero-order chi connectivity index (χ0) is 21.5. The summed E-state index contributed by atoms with van der Waals surface area (Å²) in [5.74, 6) is 0.495. The smallest absolute Gasteiger partial charge is 0.339 e. The van der Waals surface area contributed by atoms with Crippen molar-refractivity contribution in [2.24, 2.45) is 5.10 Å². The number of hydrogen-bond donors (Lipinski definition) is 2. The molecular formula is C23H21ClFN3O2. The molecule has 0 bridgehead atoms. The number of anilines is 1. The number of ether oxygens (including phenoxy) is 1. The summed E-state index contributed by atoms with van der Waals surface area (Å²) in [5.41, 5.74) is 6.62. The van der Waals surface area contributed by atoms with Crippen molar-refractivity contribution in [3.8, 4) is 5.75 Å². The Labute approximate surface area is 179 Å². The Bertz CT molecular complexity index is 1030. The molecule has 0 atom stereocenters. The van der Waals surface area contributed by atoms with Crippen LogP contribution in [0.4, 0.5) is 14.9 Å². The Morgan fingerprint density at radius 1 is 1.07 bits per heavy atom. The van der Waals surface area contributed by atoms with Crippen molar-refractivity contribution < 1.29 is 13.9 Å². The number of halogens is 2. The van der Waals surface area contributed by atoms with Crippen LogP contribution in [0.1, 0.15) is 22.3 Å². The molecule has 0 saturated carbocycles. The highest BCUT2D eigenvalue weighted by Gasteiger charge is 2.07. The van der Waals surface area contributed by atoms with Crippen LogP contribution in [0.2, 0.25) is 5.02 Å². The summed E-state index contributed by atoms with van der Waals surface area (Å²) in [4.78, 5) is 11.9. The number of carbonyl (C=O) groups excluding carboxylic acids is 1. The van der Waals surface area contributed by atoms with E-state index in [1.54, 1.807) is 42.6 Å². The Hall–Kier alpha value is -3.38. The molecule has 0 spiro atoms. The maximum Gasteiger partial charge on any atom is 0.339 e. The first-order chi connectivity index (χ1) is 14.4. The van der Waals surface area contributed by atoms with E-state index >= 15 is 0 Å². The Balaban J connectivity index is 1.57. The molecule has 0 aromatic heterocycles. The van der Waals surface area contributed by atoms with E-state index in [2.05, 4.69) is 15.8 Å². The first-order valence-corrected chi connectivity index (χ1v) is 9.62. The molecule has 3 aromatic carbocycles. The molecule has 3 rings (SSSR count). The fourth-order valence-corrected chi connectivity index (χ4v) is 3.01. The minimum Gasteiger partial charge on any atom is -0.488 e. The van der Waals surface area contributed by atoms with Gasteiger partial charge in [0.1, 0.15) is 18.2 Å². The van der Waals surface area contributed by atoms with Crippen LogP contribution in [0, 0.1) is 19.7 Å². The van der Waals surface area contributed by atoms with Crippen LogP contribution in [-0.4, -0.2) is 12.2 Å². The van der Waals surface area contributed by atoms with E-state index in [1.165, 1.54) is 12.1 Å². The summed E-state index contributed by atoms with van der Waals surface area (Å²) in [6, 6.07) is 16.3. The Morgan fingerprint density at radius 3 is 2.33 bits per heavy atom. The number of carbonyl (C=O) groups is 1. The van der Waals surface area contributed by atoms with E-state index in [-0.39, 0.29) is 5.82 Å². The van der Waals surface area contributed by atoms with Gasteiger partial charge in [0, 0.05) is 10.7 Å². The van der Waals surface area contributed by atoms with Gasteiger partial charge in [-0.05, 0) is 84.6 Å². The van der Waals surface area contributed by atoms with E-state index < -0.39 is 6.03 Å². The number of benzene rings is 3. The second-order valence-corrected chi connectivity index (χ2v) is 7.17. The van der Waals surface area contributed by atoms with E-state index in [0.29, 0.717) is 17.3 Å². The lowest BCUT2D eigenvalue weighted by Crippen LogP contribution is -2.24.